The average Bonchev–Trinajstić information content (AvgIpc) is 2.48. The van der Waals surface area contributed by atoms with Crippen LogP contribution in [0.1, 0.15) is 56.7 Å². The van der Waals surface area contributed by atoms with Crippen molar-refractivity contribution in [3.63, 3.8) is 0 Å². The Morgan fingerprint density at radius 2 is 1.60 bits per heavy atom. The zero-order chi connectivity index (χ0) is 14.4. The van der Waals surface area contributed by atoms with Crippen molar-refractivity contribution in [3.8, 4) is 0 Å². The van der Waals surface area contributed by atoms with Gasteiger partial charge in [0.15, 0.2) is 0 Å². The summed E-state index contributed by atoms with van der Waals surface area (Å²) in [7, 11) is 0. The zero-order valence-electron chi connectivity index (χ0n) is 12.8. The van der Waals surface area contributed by atoms with E-state index in [9.17, 15) is 0 Å². The van der Waals surface area contributed by atoms with Gasteiger partial charge in [-0.25, -0.2) is 0 Å². The standard InChI is InChI=1S/C19H25N/c1-4-9-19(16-10-6-5-7-11-16)20-18-13-8-12-17(14-18)15(2)3/h5-8,10-15,19-20H,4,9H2,1-3H3. The summed E-state index contributed by atoms with van der Waals surface area (Å²) in [5.74, 6) is 0.568. The Kier molecular flexibility index (Phi) is 5.23. The summed E-state index contributed by atoms with van der Waals surface area (Å²) >= 11 is 0. The summed E-state index contributed by atoms with van der Waals surface area (Å²) in [5, 5.41) is 3.69. The molecule has 0 aromatic heterocycles. The van der Waals surface area contributed by atoms with Crippen molar-refractivity contribution in [1.29, 1.82) is 0 Å². The van der Waals surface area contributed by atoms with Crippen LogP contribution in [-0.4, -0.2) is 0 Å². The Bertz CT molecular complexity index is 516. The average molecular weight is 267 g/mol. The van der Waals surface area contributed by atoms with Gasteiger partial charge < -0.3 is 5.32 Å². The lowest BCUT2D eigenvalue weighted by Gasteiger charge is -2.21. The molecule has 2 aromatic rings. The van der Waals surface area contributed by atoms with E-state index < -0.39 is 0 Å². The summed E-state index contributed by atoms with van der Waals surface area (Å²) in [4.78, 5) is 0. The Balaban J connectivity index is 2.18. The van der Waals surface area contributed by atoms with E-state index in [1.54, 1.807) is 0 Å². The molecule has 0 amide bonds. The molecule has 0 aliphatic rings. The van der Waals surface area contributed by atoms with Gasteiger partial charge in [-0.3, -0.25) is 0 Å². The van der Waals surface area contributed by atoms with Crippen molar-refractivity contribution >= 4 is 5.69 Å². The molecule has 0 radical (unpaired) electrons. The van der Waals surface area contributed by atoms with Gasteiger partial charge in [-0.15, -0.1) is 0 Å². The molecular formula is C19H25N. The van der Waals surface area contributed by atoms with Crippen molar-refractivity contribution in [2.24, 2.45) is 0 Å². The molecule has 2 rings (SSSR count). The van der Waals surface area contributed by atoms with Crippen molar-refractivity contribution in [3.05, 3.63) is 65.7 Å². The van der Waals surface area contributed by atoms with Gasteiger partial charge in [0.2, 0.25) is 0 Å². The molecule has 106 valence electrons. The molecule has 1 heteroatoms. The zero-order valence-corrected chi connectivity index (χ0v) is 12.8. The molecule has 0 saturated carbocycles. The van der Waals surface area contributed by atoms with E-state index in [0.29, 0.717) is 12.0 Å². The molecule has 0 heterocycles. The Morgan fingerprint density at radius 1 is 0.900 bits per heavy atom. The minimum Gasteiger partial charge on any atom is -0.378 e. The smallest absolute Gasteiger partial charge is 0.0513 e. The molecule has 1 N–H and O–H groups in total. The van der Waals surface area contributed by atoms with Gasteiger partial charge in [0, 0.05) is 5.69 Å². The van der Waals surface area contributed by atoms with E-state index in [0.717, 1.165) is 6.42 Å². The largest absolute Gasteiger partial charge is 0.378 e. The molecule has 2 aromatic carbocycles. The maximum absolute atomic E-state index is 3.69. The van der Waals surface area contributed by atoms with E-state index in [-0.39, 0.29) is 0 Å². The first kappa shape index (κ1) is 14.6. The van der Waals surface area contributed by atoms with Crippen LogP contribution in [0.2, 0.25) is 0 Å². The molecule has 1 atom stereocenters. The predicted molar refractivity (Wildman–Crippen MR) is 88.2 cm³/mol. The van der Waals surface area contributed by atoms with Crippen LogP contribution >= 0.6 is 0 Å². The third kappa shape index (κ3) is 3.86. The molecule has 0 aliphatic heterocycles. The van der Waals surface area contributed by atoms with E-state index in [4.69, 9.17) is 0 Å². The summed E-state index contributed by atoms with van der Waals surface area (Å²) in [5.41, 5.74) is 3.97. The first-order valence-corrected chi connectivity index (χ1v) is 7.62. The normalized spacial score (nSPS) is 12.4. The third-order valence-electron chi connectivity index (χ3n) is 3.67. The van der Waals surface area contributed by atoms with Crippen molar-refractivity contribution in [1.82, 2.24) is 0 Å². The number of hydrogen-bond acceptors (Lipinski definition) is 1. The van der Waals surface area contributed by atoms with Gasteiger partial charge in [0.05, 0.1) is 6.04 Å². The van der Waals surface area contributed by atoms with Crippen molar-refractivity contribution < 1.29 is 0 Å². The summed E-state index contributed by atoms with van der Waals surface area (Å²) in [6, 6.07) is 19.9. The lowest BCUT2D eigenvalue weighted by atomic mass is 10.00. The molecule has 0 aliphatic carbocycles. The fraction of sp³-hybridized carbons (Fsp3) is 0.368. The second-order valence-electron chi connectivity index (χ2n) is 5.68. The number of hydrogen-bond donors (Lipinski definition) is 1. The lowest BCUT2D eigenvalue weighted by Crippen LogP contribution is -2.10. The second-order valence-corrected chi connectivity index (χ2v) is 5.68. The van der Waals surface area contributed by atoms with Crippen LogP contribution in [0.25, 0.3) is 0 Å². The highest BCUT2D eigenvalue weighted by molar-refractivity contribution is 5.48. The quantitative estimate of drug-likeness (QED) is 0.701. The Hall–Kier alpha value is -1.76. The maximum Gasteiger partial charge on any atom is 0.0513 e. The van der Waals surface area contributed by atoms with Gasteiger partial charge >= 0.3 is 0 Å². The fourth-order valence-electron chi connectivity index (χ4n) is 2.48. The van der Waals surface area contributed by atoms with E-state index in [2.05, 4.69) is 80.7 Å². The van der Waals surface area contributed by atoms with Crippen molar-refractivity contribution in [2.45, 2.75) is 45.6 Å². The molecule has 0 spiro atoms. The van der Waals surface area contributed by atoms with Gasteiger partial charge in [-0.1, -0.05) is 69.7 Å². The van der Waals surface area contributed by atoms with Crippen molar-refractivity contribution in [2.75, 3.05) is 5.32 Å². The summed E-state index contributed by atoms with van der Waals surface area (Å²) in [6.45, 7) is 6.71. The van der Waals surface area contributed by atoms with Crippen LogP contribution in [-0.2, 0) is 0 Å². The van der Waals surface area contributed by atoms with Gasteiger partial charge in [0.25, 0.3) is 0 Å². The first-order valence-electron chi connectivity index (χ1n) is 7.62. The minimum absolute atomic E-state index is 0.392. The predicted octanol–water partition coefficient (Wildman–Crippen LogP) is 5.76. The SMILES string of the molecule is CCCC(Nc1cccc(C(C)C)c1)c1ccccc1. The summed E-state index contributed by atoms with van der Waals surface area (Å²) < 4.78 is 0. The van der Waals surface area contributed by atoms with Crippen LogP contribution in [0.4, 0.5) is 5.69 Å². The highest BCUT2D eigenvalue weighted by atomic mass is 14.9. The first-order chi connectivity index (χ1) is 9.70. The fourth-order valence-corrected chi connectivity index (χ4v) is 2.48. The molecule has 1 unspecified atom stereocenters. The highest BCUT2D eigenvalue weighted by Crippen LogP contribution is 2.26. The number of rotatable bonds is 6. The topological polar surface area (TPSA) is 12.0 Å². The Labute approximate surface area is 123 Å². The monoisotopic (exact) mass is 267 g/mol. The minimum atomic E-state index is 0.392. The maximum atomic E-state index is 3.69. The number of nitrogens with one attached hydrogen (secondary N) is 1. The Morgan fingerprint density at radius 3 is 2.25 bits per heavy atom. The van der Waals surface area contributed by atoms with Crippen LogP contribution in [0.5, 0.6) is 0 Å². The van der Waals surface area contributed by atoms with Crippen LogP contribution in [0.15, 0.2) is 54.6 Å². The van der Waals surface area contributed by atoms with Crippen LogP contribution < -0.4 is 5.32 Å². The molecular weight excluding hydrogens is 242 g/mol. The van der Waals surface area contributed by atoms with Crippen LogP contribution in [0, 0.1) is 0 Å². The van der Waals surface area contributed by atoms with E-state index >= 15 is 0 Å². The van der Waals surface area contributed by atoms with Crippen LogP contribution in [0.3, 0.4) is 0 Å². The van der Waals surface area contributed by atoms with E-state index in [1.807, 2.05) is 0 Å². The molecule has 0 bridgehead atoms. The summed E-state index contributed by atoms with van der Waals surface area (Å²) in [6.07, 6.45) is 2.33. The molecule has 20 heavy (non-hydrogen) atoms. The molecule has 0 saturated heterocycles. The molecule has 0 fully saturated rings. The lowest BCUT2D eigenvalue weighted by molar-refractivity contribution is 0.677. The van der Waals surface area contributed by atoms with Gasteiger partial charge in [-0.2, -0.15) is 0 Å². The van der Waals surface area contributed by atoms with E-state index in [1.165, 1.54) is 23.2 Å². The van der Waals surface area contributed by atoms with Gasteiger partial charge in [-0.05, 0) is 35.6 Å². The third-order valence-corrected chi connectivity index (χ3v) is 3.67. The molecule has 1 nitrogen and oxygen atoms in total. The highest BCUT2D eigenvalue weighted by Gasteiger charge is 2.10. The second kappa shape index (κ2) is 7.14. The number of benzene rings is 2. The van der Waals surface area contributed by atoms with Gasteiger partial charge in [0.1, 0.15) is 0 Å². The number of anilines is 1.